The maximum absolute atomic E-state index is 12.4. The van der Waals surface area contributed by atoms with E-state index in [-0.39, 0.29) is 5.91 Å². The van der Waals surface area contributed by atoms with Gasteiger partial charge < -0.3 is 15.0 Å². The lowest BCUT2D eigenvalue weighted by molar-refractivity contribution is 0.0303. The van der Waals surface area contributed by atoms with Gasteiger partial charge in [-0.25, -0.2) is 0 Å². The molecule has 0 aliphatic carbocycles. The van der Waals surface area contributed by atoms with Crippen LogP contribution in [-0.2, 0) is 4.74 Å². The molecule has 0 bridgehead atoms. The molecule has 1 amide bonds. The molecule has 0 radical (unpaired) electrons. The van der Waals surface area contributed by atoms with Crippen LogP contribution >= 0.6 is 0 Å². The predicted molar refractivity (Wildman–Crippen MR) is 67.4 cm³/mol. The van der Waals surface area contributed by atoms with Crippen molar-refractivity contribution < 1.29 is 9.53 Å². The van der Waals surface area contributed by atoms with Crippen LogP contribution in [0.2, 0.25) is 0 Å². The van der Waals surface area contributed by atoms with Crippen LogP contribution in [0.15, 0.2) is 18.2 Å². The zero-order valence-corrected chi connectivity index (χ0v) is 10.3. The first kappa shape index (κ1) is 11.9. The van der Waals surface area contributed by atoms with Crippen LogP contribution in [0.5, 0.6) is 0 Å². The summed E-state index contributed by atoms with van der Waals surface area (Å²) in [5, 5.41) is 3.06. The van der Waals surface area contributed by atoms with Crippen LogP contribution in [0.3, 0.4) is 0 Å². The van der Waals surface area contributed by atoms with Gasteiger partial charge in [0.1, 0.15) is 0 Å². The summed E-state index contributed by atoms with van der Waals surface area (Å²) < 4.78 is 5.26. The van der Waals surface area contributed by atoms with Crippen molar-refractivity contribution in [3.05, 3.63) is 29.3 Å². The van der Waals surface area contributed by atoms with Crippen molar-refractivity contribution in [1.82, 2.24) is 4.90 Å². The first-order valence-corrected chi connectivity index (χ1v) is 5.88. The van der Waals surface area contributed by atoms with Crippen molar-refractivity contribution >= 4 is 11.6 Å². The smallest absolute Gasteiger partial charge is 0.256 e. The van der Waals surface area contributed by atoms with E-state index in [1.807, 2.05) is 37.1 Å². The highest BCUT2D eigenvalue weighted by molar-refractivity contribution is 5.99. The maximum atomic E-state index is 12.4. The second-order valence-electron chi connectivity index (χ2n) is 4.20. The van der Waals surface area contributed by atoms with Crippen LogP contribution < -0.4 is 5.32 Å². The van der Waals surface area contributed by atoms with Gasteiger partial charge in [0.2, 0.25) is 0 Å². The first-order chi connectivity index (χ1) is 8.22. The quantitative estimate of drug-likeness (QED) is 0.843. The second kappa shape index (κ2) is 5.19. The highest BCUT2D eigenvalue weighted by atomic mass is 16.5. The number of nitrogens with zero attached hydrogens (tertiary/aromatic N) is 1. The number of nitrogens with one attached hydrogen (secondary N) is 1. The lowest BCUT2D eigenvalue weighted by atomic mass is 10.1. The minimum atomic E-state index is 0.0846. The van der Waals surface area contributed by atoms with Crippen molar-refractivity contribution in [3.63, 3.8) is 0 Å². The van der Waals surface area contributed by atoms with Gasteiger partial charge in [-0.2, -0.15) is 0 Å². The van der Waals surface area contributed by atoms with Gasteiger partial charge in [-0.05, 0) is 19.1 Å². The topological polar surface area (TPSA) is 41.6 Å². The van der Waals surface area contributed by atoms with Crippen molar-refractivity contribution in [2.24, 2.45) is 0 Å². The summed E-state index contributed by atoms with van der Waals surface area (Å²) in [6, 6.07) is 5.88. The Morgan fingerprint density at radius 2 is 2.06 bits per heavy atom. The molecule has 0 spiro atoms. The lowest BCUT2D eigenvalue weighted by Gasteiger charge is -2.27. The number of amides is 1. The van der Waals surface area contributed by atoms with E-state index in [4.69, 9.17) is 4.74 Å². The number of hydrogen-bond donors (Lipinski definition) is 1. The highest BCUT2D eigenvalue weighted by Crippen LogP contribution is 2.19. The lowest BCUT2D eigenvalue weighted by Crippen LogP contribution is -2.40. The van der Waals surface area contributed by atoms with Gasteiger partial charge in [0.05, 0.1) is 18.8 Å². The van der Waals surface area contributed by atoms with Gasteiger partial charge >= 0.3 is 0 Å². The van der Waals surface area contributed by atoms with E-state index in [1.54, 1.807) is 0 Å². The number of carbonyl (C=O) groups excluding carboxylic acids is 1. The Morgan fingerprint density at radius 3 is 2.71 bits per heavy atom. The molecule has 2 rings (SSSR count). The van der Waals surface area contributed by atoms with Crippen molar-refractivity contribution in [2.45, 2.75) is 6.92 Å². The summed E-state index contributed by atoms with van der Waals surface area (Å²) in [6.07, 6.45) is 0. The van der Waals surface area contributed by atoms with Crippen LogP contribution in [0.4, 0.5) is 5.69 Å². The first-order valence-electron chi connectivity index (χ1n) is 5.88. The fourth-order valence-electron chi connectivity index (χ4n) is 1.99. The molecule has 17 heavy (non-hydrogen) atoms. The average Bonchev–Trinajstić information content (AvgIpc) is 2.39. The van der Waals surface area contributed by atoms with Crippen molar-refractivity contribution in [3.8, 4) is 0 Å². The summed E-state index contributed by atoms with van der Waals surface area (Å²) in [5.74, 6) is 0.0846. The van der Waals surface area contributed by atoms with E-state index in [9.17, 15) is 4.79 Å². The molecule has 1 heterocycles. The van der Waals surface area contributed by atoms with E-state index in [0.29, 0.717) is 26.3 Å². The molecule has 1 fully saturated rings. The molecule has 0 atom stereocenters. The summed E-state index contributed by atoms with van der Waals surface area (Å²) in [6.45, 7) is 4.61. The number of aryl methyl sites for hydroxylation is 1. The number of anilines is 1. The summed E-state index contributed by atoms with van der Waals surface area (Å²) in [5.41, 5.74) is 2.72. The summed E-state index contributed by atoms with van der Waals surface area (Å²) in [4.78, 5) is 14.2. The Morgan fingerprint density at radius 1 is 1.35 bits per heavy atom. The molecular weight excluding hydrogens is 216 g/mol. The van der Waals surface area contributed by atoms with Crippen LogP contribution in [0, 0.1) is 6.92 Å². The molecule has 1 aromatic rings. The maximum Gasteiger partial charge on any atom is 0.256 e. The number of benzene rings is 1. The highest BCUT2D eigenvalue weighted by Gasteiger charge is 2.20. The van der Waals surface area contributed by atoms with E-state index in [1.165, 1.54) is 0 Å². The Kier molecular flexibility index (Phi) is 3.64. The molecule has 1 N–H and O–H groups in total. The van der Waals surface area contributed by atoms with E-state index >= 15 is 0 Å². The van der Waals surface area contributed by atoms with E-state index in [0.717, 1.165) is 16.8 Å². The molecule has 0 unspecified atom stereocenters. The summed E-state index contributed by atoms with van der Waals surface area (Å²) >= 11 is 0. The average molecular weight is 234 g/mol. The van der Waals surface area contributed by atoms with E-state index in [2.05, 4.69) is 5.32 Å². The third-order valence-electron chi connectivity index (χ3n) is 2.97. The van der Waals surface area contributed by atoms with Crippen LogP contribution in [0.1, 0.15) is 15.9 Å². The van der Waals surface area contributed by atoms with Gasteiger partial charge in [0, 0.05) is 25.8 Å². The second-order valence-corrected chi connectivity index (χ2v) is 4.20. The third-order valence-corrected chi connectivity index (χ3v) is 2.97. The molecule has 92 valence electrons. The zero-order valence-electron chi connectivity index (χ0n) is 10.3. The molecule has 1 aliphatic rings. The predicted octanol–water partition coefficient (Wildman–Crippen LogP) is 1.51. The molecule has 1 saturated heterocycles. The zero-order chi connectivity index (χ0) is 12.3. The minimum Gasteiger partial charge on any atom is -0.387 e. The number of hydrogen-bond acceptors (Lipinski definition) is 3. The minimum absolute atomic E-state index is 0.0846. The molecular formula is C13H18N2O2. The molecule has 4 nitrogen and oxygen atoms in total. The Balaban J connectivity index is 2.25. The molecule has 4 heteroatoms. The molecule has 0 aromatic heterocycles. The number of morpholine rings is 1. The number of ether oxygens (including phenoxy) is 1. The molecule has 1 aromatic carbocycles. The Bertz CT molecular complexity index is 412. The van der Waals surface area contributed by atoms with Crippen LogP contribution in [0.25, 0.3) is 0 Å². The van der Waals surface area contributed by atoms with Gasteiger partial charge in [-0.3, -0.25) is 4.79 Å². The van der Waals surface area contributed by atoms with Crippen molar-refractivity contribution in [2.75, 3.05) is 38.7 Å². The van der Waals surface area contributed by atoms with Gasteiger partial charge in [-0.15, -0.1) is 0 Å². The SMILES string of the molecule is CNc1ccc(C)cc1C(=O)N1CCOCC1. The van der Waals surface area contributed by atoms with E-state index < -0.39 is 0 Å². The monoisotopic (exact) mass is 234 g/mol. The molecule has 1 aliphatic heterocycles. The van der Waals surface area contributed by atoms with Gasteiger partial charge in [-0.1, -0.05) is 11.6 Å². The number of rotatable bonds is 2. The summed E-state index contributed by atoms with van der Waals surface area (Å²) in [7, 11) is 1.83. The van der Waals surface area contributed by atoms with Gasteiger partial charge in [0.15, 0.2) is 0 Å². The fraction of sp³-hybridized carbons (Fsp3) is 0.462. The van der Waals surface area contributed by atoms with Crippen LogP contribution in [-0.4, -0.2) is 44.2 Å². The normalized spacial score (nSPS) is 15.8. The number of carbonyl (C=O) groups is 1. The van der Waals surface area contributed by atoms with Crippen molar-refractivity contribution in [1.29, 1.82) is 0 Å². The fourth-order valence-corrected chi connectivity index (χ4v) is 1.99. The third kappa shape index (κ3) is 2.58. The largest absolute Gasteiger partial charge is 0.387 e. The Hall–Kier alpha value is -1.55. The Labute approximate surface area is 102 Å². The van der Waals surface area contributed by atoms with Gasteiger partial charge in [0.25, 0.3) is 5.91 Å². The standard InChI is InChI=1S/C13H18N2O2/c1-10-3-4-12(14-2)11(9-10)13(16)15-5-7-17-8-6-15/h3-4,9,14H,5-8H2,1-2H3. The molecule has 0 saturated carbocycles.